The fourth-order valence-corrected chi connectivity index (χ4v) is 2.90. The van der Waals surface area contributed by atoms with Gasteiger partial charge in [0, 0.05) is 30.6 Å². The number of amides is 1. The first kappa shape index (κ1) is 18.5. The fraction of sp³-hybridized carbons (Fsp3) is 0.316. The third-order valence-corrected chi connectivity index (χ3v) is 4.26. The second kappa shape index (κ2) is 8.39. The highest BCUT2D eigenvalue weighted by atomic mass is 16.4. The van der Waals surface area contributed by atoms with Crippen molar-refractivity contribution in [1.82, 2.24) is 10.6 Å². The number of carbonyl (C=O) groups excluding carboxylic acids is 1. The lowest BCUT2D eigenvalue weighted by Crippen LogP contribution is -2.34. The predicted molar refractivity (Wildman–Crippen MR) is 103 cm³/mol. The van der Waals surface area contributed by atoms with Crippen LogP contribution in [0.5, 0.6) is 5.75 Å². The van der Waals surface area contributed by atoms with E-state index in [4.69, 9.17) is 5.11 Å². The van der Waals surface area contributed by atoms with Gasteiger partial charge in [0.2, 0.25) is 5.91 Å². The zero-order chi connectivity index (χ0) is 19.2. The second-order valence-electron chi connectivity index (χ2n) is 6.33. The molecule has 0 saturated carbocycles. The van der Waals surface area contributed by atoms with Crippen LogP contribution in [-0.4, -0.2) is 47.7 Å². The highest BCUT2D eigenvalue weighted by Gasteiger charge is 2.10. The molecule has 0 radical (unpaired) electrons. The van der Waals surface area contributed by atoms with Crippen molar-refractivity contribution < 1.29 is 19.8 Å². The van der Waals surface area contributed by atoms with E-state index in [1.807, 2.05) is 0 Å². The molecule has 27 heavy (non-hydrogen) atoms. The van der Waals surface area contributed by atoms with Crippen molar-refractivity contribution in [1.29, 1.82) is 0 Å². The van der Waals surface area contributed by atoms with Gasteiger partial charge in [-0.05, 0) is 42.5 Å². The van der Waals surface area contributed by atoms with E-state index in [1.54, 1.807) is 18.2 Å². The van der Waals surface area contributed by atoms with E-state index in [1.165, 1.54) is 12.1 Å². The Kier molecular flexibility index (Phi) is 5.75. The molecule has 0 saturated heterocycles. The zero-order valence-electron chi connectivity index (χ0n) is 14.8. The number of rotatable bonds is 7. The van der Waals surface area contributed by atoms with Gasteiger partial charge in [0.15, 0.2) is 5.96 Å². The van der Waals surface area contributed by atoms with E-state index in [2.05, 4.69) is 20.9 Å². The summed E-state index contributed by atoms with van der Waals surface area (Å²) in [7, 11) is 0. The van der Waals surface area contributed by atoms with Crippen molar-refractivity contribution in [2.45, 2.75) is 19.3 Å². The molecule has 0 unspecified atom stereocenters. The van der Waals surface area contributed by atoms with E-state index in [9.17, 15) is 14.7 Å². The Balaban J connectivity index is 1.51. The number of carboxylic acid groups (broad SMARTS) is 1. The minimum atomic E-state index is -1.10. The molecule has 1 aliphatic rings. The van der Waals surface area contributed by atoms with Crippen LogP contribution in [0.4, 0.5) is 5.69 Å². The number of anilines is 1. The molecule has 0 aliphatic carbocycles. The number of phenolic OH excluding ortho intramolecular Hbond substituents is 1. The topological polar surface area (TPSA) is 123 Å². The van der Waals surface area contributed by atoms with Crippen molar-refractivity contribution in [3.05, 3.63) is 35.9 Å². The van der Waals surface area contributed by atoms with Gasteiger partial charge in [-0.2, -0.15) is 0 Å². The number of nitrogens with zero attached hydrogens (tertiary/aromatic N) is 1. The molecule has 1 amide bonds. The molecule has 3 rings (SSSR count). The lowest BCUT2D eigenvalue weighted by Gasteiger charge is -2.09. The number of hydrogen-bond donors (Lipinski definition) is 5. The third-order valence-electron chi connectivity index (χ3n) is 4.26. The molecule has 5 N–H and O–H groups in total. The van der Waals surface area contributed by atoms with Gasteiger partial charge in [-0.3, -0.25) is 9.79 Å². The molecule has 1 heterocycles. The number of nitrogens with one attached hydrogen (secondary N) is 3. The first-order chi connectivity index (χ1) is 13.0. The largest absolute Gasteiger partial charge is 0.507 e. The maximum atomic E-state index is 12.1. The number of carbonyl (C=O) groups is 2. The Bertz CT molecular complexity index is 895. The van der Waals surface area contributed by atoms with E-state index in [0.29, 0.717) is 22.9 Å². The van der Waals surface area contributed by atoms with Gasteiger partial charge in [0.05, 0.1) is 12.1 Å². The van der Waals surface area contributed by atoms with Gasteiger partial charge in [0.1, 0.15) is 5.75 Å². The van der Waals surface area contributed by atoms with Crippen molar-refractivity contribution in [3.63, 3.8) is 0 Å². The number of unbranched alkanes of at least 4 members (excludes halogenated alkanes) is 1. The molecule has 0 atom stereocenters. The zero-order valence-corrected chi connectivity index (χ0v) is 14.8. The lowest BCUT2D eigenvalue weighted by molar-refractivity contribution is -0.116. The Labute approximate surface area is 156 Å². The van der Waals surface area contributed by atoms with Crippen LogP contribution >= 0.6 is 0 Å². The Morgan fingerprint density at radius 1 is 1.19 bits per heavy atom. The molecule has 142 valence electrons. The molecule has 8 heteroatoms. The first-order valence-electron chi connectivity index (χ1n) is 8.85. The van der Waals surface area contributed by atoms with Crippen molar-refractivity contribution in [2.75, 3.05) is 25.0 Å². The van der Waals surface area contributed by atoms with E-state index in [-0.39, 0.29) is 17.2 Å². The van der Waals surface area contributed by atoms with Crippen LogP contribution in [0.25, 0.3) is 10.8 Å². The number of aromatic carboxylic acids is 1. The van der Waals surface area contributed by atoms with Gasteiger partial charge in [-0.15, -0.1) is 0 Å². The molecular weight excluding hydrogens is 348 g/mol. The SMILES string of the molecule is O=C(CCCCNC1=NCCN1)Nc1ccc2cc(C(=O)O)cc(O)c2c1. The first-order valence-corrected chi connectivity index (χ1v) is 8.85. The van der Waals surface area contributed by atoms with E-state index in [0.717, 1.165) is 38.4 Å². The number of phenols is 1. The predicted octanol–water partition coefficient (Wildman–Crippen LogP) is 1.90. The summed E-state index contributed by atoms with van der Waals surface area (Å²) >= 11 is 0. The average Bonchev–Trinajstić information content (AvgIpc) is 3.15. The van der Waals surface area contributed by atoms with Gasteiger partial charge in [-0.25, -0.2) is 4.79 Å². The molecular formula is C19H22N4O4. The van der Waals surface area contributed by atoms with Crippen LogP contribution in [0.2, 0.25) is 0 Å². The molecule has 0 spiro atoms. The summed E-state index contributed by atoms with van der Waals surface area (Å²) in [6.45, 7) is 2.42. The molecule has 2 aromatic rings. The van der Waals surface area contributed by atoms with Crippen LogP contribution in [0.1, 0.15) is 29.6 Å². The molecule has 8 nitrogen and oxygen atoms in total. The Morgan fingerprint density at radius 3 is 2.78 bits per heavy atom. The van der Waals surface area contributed by atoms with Crippen LogP contribution in [0.3, 0.4) is 0 Å². The maximum absolute atomic E-state index is 12.1. The summed E-state index contributed by atoms with van der Waals surface area (Å²) in [5.41, 5.74) is 0.581. The van der Waals surface area contributed by atoms with Crippen LogP contribution in [-0.2, 0) is 4.79 Å². The summed E-state index contributed by atoms with van der Waals surface area (Å²) in [6.07, 6.45) is 1.99. The number of aliphatic imine (C=N–C) groups is 1. The van der Waals surface area contributed by atoms with Crippen LogP contribution in [0.15, 0.2) is 35.3 Å². The van der Waals surface area contributed by atoms with Crippen molar-refractivity contribution in [2.24, 2.45) is 4.99 Å². The van der Waals surface area contributed by atoms with E-state index < -0.39 is 5.97 Å². The third kappa shape index (κ3) is 4.87. The minimum absolute atomic E-state index is 0.0177. The van der Waals surface area contributed by atoms with Crippen LogP contribution < -0.4 is 16.0 Å². The van der Waals surface area contributed by atoms with Gasteiger partial charge in [0.25, 0.3) is 0 Å². The Hall–Kier alpha value is -3.29. The lowest BCUT2D eigenvalue weighted by atomic mass is 10.0. The summed E-state index contributed by atoms with van der Waals surface area (Å²) in [5, 5.41) is 29.3. The monoisotopic (exact) mass is 370 g/mol. The normalized spacial score (nSPS) is 13.1. The second-order valence-corrected chi connectivity index (χ2v) is 6.33. The van der Waals surface area contributed by atoms with E-state index >= 15 is 0 Å². The van der Waals surface area contributed by atoms with Gasteiger partial charge in [-0.1, -0.05) is 6.07 Å². The highest BCUT2D eigenvalue weighted by molar-refractivity contribution is 6.00. The minimum Gasteiger partial charge on any atom is -0.507 e. The number of guanidine groups is 1. The molecule has 2 aromatic carbocycles. The molecule has 1 aliphatic heterocycles. The summed E-state index contributed by atoms with van der Waals surface area (Å²) < 4.78 is 0. The number of fused-ring (bicyclic) bond motifs is 1. The van der Waals surface area contributed by atoms with Crippen molar-refractivity contribution >= 4 is 34.3 Å². The number of aromatic hydroxyl groups is 1. The standard InChI is InChI=1S/C19H22N4O4/c24-16-10-13(18(26)27)9-12-4-5-14(11-15(12)16)23-17(25)3-1-2-6-20-19-21-7-8-22-19/h4-5,9-11,24H,1-3,6-8H2,(H,23,25)(H,26,27)(H2,20,21,22). The number of carboxylic acids is 1. The molecule has 0 bridgehead atoms. The van der Waals surface area contributed by atoms with Crippen molar-refractivity contribution in [3.8, 4) is 5.75 Å². The van der Waals surface area contributed by atoms with Gasteiger partial charge < -0.3 is 26.2 Å². The smallest absolute Gasteiger partial charge is 0.335 e. The maximum Gasteiger partial charge on any atom is 0.335 e. The van der Waals surface area contributed by atoms with Crippen LogP contribution in [0, 0.1) is 0 Å². The number of hydrogen-bond acceptors (Lipinski definition) is 6. The highest BCUT2D eigenvalue weighted by Crippen LogP contribution is 2.29. The molecule has 0 aromatic heterocycles. The Morgan fingerprint density at radius 2 is 2.04 bits per heavy atom. The quantitative estimate of drug-likeness (QED) is 0.474. The van der Waals surface area contributed by atoms with Gasteiger partial charge >= 0.3 is 5.97 Å². The summed E-state index contributed by atoms with van der Waals surface area (Å²) in [6, 6.07) is 7.69. The fourth-order valence-electron chi connectivity index (χ4n) is 2.90. The number of benzene rings is 2. The average molecular weight is 370 g/mol. The summed E-state index contributed by atoms with van der Waals surface area (Å²) in [5.74, 6) is -0.515. The molecule has 0 fully saturated rings. The summed E-state index contributed by atoms with van der Waals surface area (Å²) in [4.78, 5) is 27.4.